The molecule has 1 rings (SSSR count). The average Bonchev–Trinajstić information content (AvgIpc) is 2.01. The number of benzene rings is 1. The van der Waals surface area contributed by atoms with Gasteiger partial charge in [0.25, 0.3) is 0 Å². The molecule has 1 radical (unpaired) electrons. The standard InChI is InChI=1S/C10H13S/c1-2-3-5-9-6-4-7-10(11)8-9/h4,6-8H,2-3,5H2,1H3. The van der Waals surface area contributed by atoms with Crippen molar-refractivity contribution < 1.29 is 0 Å². The van der Waals surface area contributed by atoms with Crippen LogP contribution in [0.2, 0.25) is 0 Å². The summed E-state index contributed by atoms with van der Waals surface area (Å²) >= 11 is 5.05. The first-order valence-corrected chi connectivity index (χ1v) is 4.49. The van der Waals surface area contributed by atoms with Gasteiger partial charge in [0.15, 0.2) is 0 Å². The highest BCUT2D eigenvalue weighted by Crippen LogP contribution is 2.10. The minimum Gasteiger partial charge on any atom is -0.0801 e. The van der Waals surface area contributed by atoms with Crippen molar-refractivity contribution >= 4 is 12.6 Å². The molecule has 0 atom stereocenters. The Hall–Kier alpha value is -0.560. The summed E-state index contributed by atoms with van der Waals surface area (Å²) in [5.41, 5.74) is 1.37. The lowest BCUT2D eigenvalue weighted by Gasteiger charge is -1.98. The SMILES string of the molecule is CCCCc1cccc([S])c1. The molecule has 0 aliphatic rings. The number of hydrogen-bond acceptors (Lipinski definition) is 0. The summed E-state index contributed by atoms with van der Waals surface area (Å²) in [4.78, 5) is 0.957. The van der Waals surface area contributed by atoms with Crippen LogP contribution in [-0.4, -0.2) is 0 Å². The lowest BCUT2D eigenvalue weighted by atomic mass is 10.1. The number of hydrogen-bond donors (Lipinski definition) is 0. The van der Waals surface area contributed by atoms with Crippen LogP contribution in [0.4, 0.5) is 0 Å². The molecule has 1 aromatic carbocycles. The smallest absolute Gasteiger partial charge is 0.0379 e. The van der Waals surface area contributed by atoms with Crippen LogP contribution in [-0.2, 0) is 6.42 Å². The first kappa shape index (κ1) is 8.54. The Balaban J connectivity index is 2.56. The van der Waals surface area contributed by atoms with Gasteiger partial charge in [0.05, 0.1) is 0 Å². The summed E-state index contributed by atoms with van der Waals surface area (Å²) in [5.74, 6) is 0. The van der Waals surface area contributed by atoms with Crippen molar-refractivity contribution in [3.63, 3.8) is 0 Å². The summed E-state index contributed by atoms with van der Waals surface area (Å²) in [7, 11) is 0. The van der Waals surface area contributed by atoms with Crippen molar-refractivity contribution in [3.05, 3.63) is 29.8 Å². The predicted molar refractivity (Wildman–Crippen MR) is 50.9 cm³/mol. The summed E-state index contributed by atoms with van der Waals surface area (Å²) in [6, 6.07) is 8.23. The maximum Gasteiger partial charge on any atom is 0.0379 e. The van der Waals surface area contributed by atoms with Crippen molar-refractivity contribution in [2.24, 2.45) is 0 Å². The van der Waals surface area contributed by atoms with Gasteiger partial charge in [-0.25, -0.2) is 0 Å². The highest BCUT2D eigenvalue weighted by atomic mass is 32.1. The Bertz CT molecular complexity index is 218. The zero-order chi connectivity index (χ0) is 8.10. The van der Waals surface area contributed by atoms with E-state index < -0.39 is 0 Å². The molecule has 0 bridgehead atoms. The molecule has 0 spiro atoms. The number of rotatable bonds is 3. The minimum absolute atomic E-state index is 0.957. The third-order valence-electron chi connectivity index (χ3n) is 1.72. The zero-order valence-corrected chi connectivity index (χ0v) is 7.66. The van der Waals surface area contributed by atoms with Crippen LogP contribution >= 0.6 is 12.6 Å². The van der Waals surface area contributed by atoms with Gasteiger partial charge in [0.1, 0.15) is 0 Å². The average molecular weight is 165 g/mol. The maximum atomic E-state index is 5.05. The molecule has 0 nitrogen and oxygen atoms in total. The summed E-state index contributed by atoms with van der Waals surface area (Å²) < 4.78 is 0. The zero-order valence-electron chi connectivity index (χ0n) is 6.84. The van der Waals surface area contributed by atoms with Crippen LogP contribution < -0.4 is 0 Å². The lowest BCUT2D eigenvalue weighted by molar-refractivity contribution is 0.793. The lowest BCUT2D eigenvalue weighted by Crippen LogP contribution is -1.83. The van der Waals surface area contributed by atoms with E-state index in [1.807, 2.05) is 12.1 Å². The molecular formula is C10H13S. The second-order valence-electron chi connectivity index (χ2n) is 2.75. The van der Waals surface area contributed by atoms with Gasteiger partial charge in [-0.15, -0.1) is 0 Å². The van der Waals surface area contributed by atoms with Gasteiger partial charge in [-0.3, -0.25) is 0 Å². The molecule has 0 saturated heterocycles. The largest absolute Gasteiger partial charge is 0.0801 e. The van der Waals surface area contributed by atoms with Gasteiger partial charge in [-0.2, -0.15) is 0 Å². The number of unbranched alkanes of at least 4 members (excludes halogenated alkanes) is 1. The molecule has 1 heteroatoms. The first-order valence-electron chi connectivity index (χ1n) is 4.09. The Kier molecular flexibility index (Phi) is 3.37. The molecule has 0 heterocycles. The van der Waals surface area contributed by atoms with E-state index in [0.717, 1.165) is 4.90 Å². The van der Waals surface area contributed by atoms with Crippen LogP contribution in [0.1, 0.15) is 25.3 Å². The van der Waals surface area contributed by atoms with E-state index in [4.69, 9.17) is 12.6 Å². The predicted octanol–water partition coefficient (Wildman–Crippen LogP) is 3.59. The van der Waals surface area contributed by atoms with Crippen molar-refractivity contribution in [3.8, 4) is 0 Å². The molecule has 0 amide bonds. The van der Waals surface area contributed by atoms with E-state index in [-0.39, 0.29) is 0 Å². The fourth-order valence-corrected chi connectivity index (χ4v) is 1.31. The molecule has 0 aliphatic heterocycles. The van der Waals surface area contributed by atoms with Crippen LogP contribution in [0.15, 0.2) is 29.2 Å². The minimum atomic E-state index is 0.957. The highest BCUT2D eigenvalue weighted by molar-refractivity contribution is 7.80. The first-order chi connectivity index (χ1) is 5.33. The fourth-order valence-electron chi connectivity index (χ4n) is 1.08. The van der Waals surface area contributed by atoms with Crippen LogP contribution in [0.25, 0.3) is 0 Å². The second-order valence-corrected chi connectivity index (χ2v) is 3.22. The molecule has 0 saturated carbocycles. The van der Waals surface area contributed by atoms with Crippen molar-refractivity contribution in [1.82, 2.24) is 0 Å². The monoisotopic (exact) mass is 165 g/mol. The third kappa shape index (κ3) is 2.89. The Labute approximate surface area is 74.0 Å². The van der Waals surface area contributed by atoms with E-state index >= 15 is 0 Å². The third-order valence-corrected chi connectivity index (χ3v) is 1.97. The molecule has 0 N–H and O–H groups in total. The maximum absolute atomic E-state index is 5.05. The van der Waals surface area contributed by atoms with Crippen molar-refractivity contribution in [2.75, 3.05) is 0 Å². The molecule has 0 aromatic heterocycles. The summed E-state index contributed by atoms with van der Waals surface area (Å²) in [6.45, 7) is 2.21. The quantitative estimate of drug-likeness (QED) is 0.642. The van der Waals surface area contributed by atoms with E-state index in [1.54, 1.807) is 0 Å². The van der Waals surface area contributed by atoms with Gasteiger partial charge in [-0.1, -0.05) is 38.1 Å². The summed E-state index contributed by atoms with van der Waals surface area (Å²) in [6.07, 6.45) is 3.68. The molecule has 0 aliphatic carbocycles. The number of aryl methyl sites for hydroxylation is 1. The van der Waals surface area contributed by atoms with Crippen LogP contribution in [0, 0.1) is 0 Å². The van der Waals surface area contributed by atoms with E-state index in [9.17, 15) is 0 Å². The van der Waals surface area contributed by atoms with Gasteiger partial charge in [-0.05, 0) is 30.5 Å². The van der Waals surface area contributed by atoms with Gasteiger partial charge in [0, 0.05) is 4.90 Å². The highest BCUT2D eigenvalue weighted by Gasteiger charge is 1.91. The fraction of sp³-hybridized carbons (Fsp3) is 0.400. The molecule has 0 fully saturated rings. The summed E-state index contributed by atoms with van der Waals surface area (Å²) in [5, 5.41) is 0. The van der Waals surface area contributed by atoms with E-state index in [0.29, 0.717) is 0 Å². The normalized spacial score (nSPS) is 9.91. The van der Waals surface area contributed by atoms with Crippen LogP contribution in [0.5, 0.6) is 0 Å². The van der Waals surface area contributed by atoms with Crippen molar-refractivity contribution in [2.45, 2.75) is 31.1 Å². The molecule has 1 aromatic rings. The Morgan fingerprint density at radius 1 is 1.36 bits per heavy atom. The molecule has 59 valence electrons. The van der Waals surface area contributed by atoms with Gasteiger partial charge in [0.2, 0.25) is 0 Å². The van der Waals surface area contributed by atoms with Crippen LogP contribution in [0.3, 0.4) is 0 Å². The molecular weight excluding hydrogens is 152 g/mol. The van der Waals surface area contributed by atoms with Gasteiger partial charge < -0.3 is 0 Å². The van der Waals surface area contributed by atoms with Gasteiger partial charge >= 0.3 is 0 Å². The van der Waals surface area contributed by atoms with Crippen molar-refractivity contribution in [1.29, 1.82) is 0 Å². The second kappa shape index (κ2) is 4.35. The topological polar surface area (TPSA) is 0 Å². The molecule has 11 heavy (non-hydrogen) atoms. The Morgan fingerprint density at radius 3 is 2.82 bits per heavy atom. The molecule has 0 unspecified atom stereocenters. The Morgan fingerprint density at radius 2 is 2.18 bits per heavy atom. The van der Waals surface area contributed by atoms with E-state index in [2.05, 4.69) is 19.1 Å². The van der Waals surface area contributed by atoms with E-state index in [1.165, 1.54) is 24.8 Å².